The fraction of sp³-hybridized carbons (Fsp3) is 0.667. The fourth-order valence-corrected chi connectivity index (χ4v) is 4.95. The van der Waals surface area contributed by atoms with Gasteiger partial charge in [0.1, 0.15) is 5.75 Å². The molecule has 1 N–H and O–H groups in total. The molecular weight excluding hydrogens is 326 g/mol. The molecule has 0 bridgehead atoms. The molecule has 142 valence electrons. The molecular formula is C21H31N3O2. The lowest BCUT2D eigenvalue weighted by Crippen LogP contribution is -2.52. The Balaban J connectivity index is 1.25. The molecule has 1 aliphatic carbocycles. The first-order chi connectivity index (χ1) is 12.7. The van der Waals surface area contributed by atoms with Gasteiger partial charge in [-0.15, -0.1) is 0 Å². The van der Waals surface area contributed by atoms with Crippen molar-refractivity contribution in [3.63, 3.8) is 0 Å². The molecule has 1 saturated carbocycles. The van der Waals surface area contributed by atoms with E-state index in [1.807, 2.05) is 12.1 Å². The predicted molar refractivity (Wildman–Crippen MR) is 103 cm³/mol. The predicted octanol–water partition coefficient (Wildman–Crippen LogP) is 2.55. The summed E-state index contributed by atoms with van der Waals surface area (Å²) in [6.45, 7) is 6.25. The third-order valence-electron chi connectivity index (χ3n) is 6.59. The van der Waals surface area contributed by atoms with Crippen molar-refractivity contribution in [3.8, 4) is 5.75 Å². The highest BCUT2D eigenvalue weighted by Crippen LogP contribution is 2.36. The highest BCUT2D eigenvalue weighted by Gasteiger charge is 2.33. The molecule has 1 aromatic rings. The Morgan fingerprint density at radius 2 is 1.62 bits per heavy atom. The van der Waals surface area contributed by atoms with E-state index >= 15 is 0 Å². The van der Waals surface area contributed by atoms with Crippen molar-refractivity contribution < 1.29 is 9.90 Å². The minimum absolute atomic E-state index is 0.305. The molecule has 3 fully saturated rings. The number of anilines is 1. The molecule has 0 unspecified atom stereocenters. The molecule has 3 aliphatic rings. The SMILES string of the molecule is O=C(CN1CCN(c2ccc(O)cc2)CC1)N1CC[C@@H]2CCCC[C@H]2C1. The summed E-state index contributed by atoms with van der Waals surface area (Å²) in [5.41, 5.74) is 1.15. The zero-order chi connectivity index (χ0) is 17.9. The molecule has 2 aliphatic heterocycles. The van der Waals surface area contributed by atoms with E-state index < -0.39 is 0 Å². The smallest absolute Gasteiger partial charge is 0.236 e. The number of piperazine rings is 1. The van der Waals surface area contributed by atoms with Crippen LogP contribution in [-0.2, 0) is 4.79 Å². The number of carbonyl (C=O) groups is 1. The highest BCUT2D eigenvalue weighted by molar-refractivity contribution is 5.78. The quantitative estimate of drug-likeness (QED) is 0.903. The lowest BCUT2D eigenvalue weighted by Gasteiger charge is -2.42. The van der Waals surface area contributed by atoms with Crippen LogP contribution >= 0.6 is 0 Å². The number of hydrogen-bond acceptors (Lipinski definition) is 4. The standard InChI is InChI=1S/C21H31N3O2/c25-20-7-5-19(6-8-20)23-13-11-22(12-14-23)16-21(26)24-10-9-17-3-1-2-4-18(17)15-24/h5-8,17-18,25H,1-4,9-16H2/t17-,18-/m0/s1. The van der Waals surface area contributed by atoms with Crippen molar-refractivity contribution in [1.82, 2.24) is 9.80 Å². The van der Waals surface area contributed by atoms with Crippen LogP contribution in [0.4, 0.5) is 5.69 Å². The first-order valence-corrected chi connectivity index (χ1v) is 10.2. The normalized spacial score (nSPS) is 27.2. The number of aromatic hydroxyl groups is 1. The maximum absolute atomic E-state index is 12.8. The van der Waals surface area contributed by atoms with Crippen molar-refractivity contribution in [3.05, 3.63) is 24.3 Å². The Morgan fingerprint density at radius 1 is 0.923 bits per heavy atom. The molecule has 4 rings (SSSR count). The van der Waals surface area contributed by atoms with E-state index in [9.17, 15) is 9.90 Å². The van der Waals surface area contributed by atoms with Gasteiger partial charge in [-0.25, -0.2) is 0 Å². The van der Waals surface area contributed by atoms with E-state index in [1.54, 1.807) is 12.1 Å². The van der Waals surface area contributed by atoms with Crippen LogP contribution < -0.4 is 4.90 Å². The van der Waals surface area contributed by atoms with E-state index in [4.69, 9.17) is 0 Å². The molecule has 5 nitrogen and oxygen atoms in total. The second-order valence-electron chi connectivity index (χ2n) is 8.21. The first kappa shape index (κ1) is 17.7. The van der Waals surface area contributed by atoms with E-state index in [0.29, 0.717) is 18.2 Å². The van der Waals surface area contributed by atoms with Gasteiger partial charge < -0.3 is 14.9 Å². The molecule has 2 atom stereocenters. The molecule has 1 aromatic carbocycles. The fourth-order valence-electron chi connectivity index (χ4n) is 4.95. The lowest BCUT2D eigenvalue weighted by atomic mass is 9.75. The van der Waals surface area contributed by atoms with Crippen molar-refractivity contribution >= 4 is 11.6 Å². The number of nitrogens with zero attached hydrogens (tertiary/aromatic N) is 3. The number of rotatable bonds is 3. The van der Waals surface area contributed by atoms with Crippen LogP contribution in [0, 0.1) is 11.8 Å². The summed E-state index contributed by atoms with van der Waals surface area (Å²) in [5, 5.41) is 9.42. The molecule has 5 heteroatoms. The molecule has 2 heterocycles. The third-order valence-corrected chi connectivity index (χ3v) is 6.59. The van der Waals surface area contributed by atoms with Gasteiger partial charge in [0, 0.05) is 45.0 Å². The minimum atomic E-state index is 0.305. The maximum Gasteiger partial charge on any atom is 0.236 e. The number of hydrogen-bond donors (Lipinski definition) is 1. The van der Waals surface area contributed by atoms with Gasteiger partial charge in [0.25, 0.3) is 0 Å². The van der Waals surface area contributed by atoms with Crippen molar-refractivity contribution in [2.24, 2.45) is 11.8 Å². The first-order valence-electron chi connectivity index (χ1n) is 10.2. The summed E-state index contributed by atoms with van der Waals surface area (Å²) in [6.07, 6.45) is 6.65. The van der Waals surface area contributed by atoms with E-state index in [2.05, 4.69) is 14.7 Å². The summed E-state index contributed by atoms with van der Waals surface area (Å²) in [4.78, 5) is 19.5. The van der Waals surface area contributed by atoms with Gasteiger partial charge >= 0.3 is 0 Å². The van der Waals surface area contributed by atoms with Crippen LogP contribution in [0.5, 0.6) is 5.75 Å². The van der Waals surface area contributed by atoms with Gasteiger partial charge in [0.2, 0.25) is 5.91 Å². The summed E-state index contributed by atoms with van der Waals surface area (Å²) < 4.78 is 0. The van der Waals surface area contributed by atoms with E-state index in [-0.39, 0.29) is 0 Å². The second-order valence-corrected chi connectivity index (χ2v) is 8.21. The van der Waals surface area contributed by atoms with Crippen LogP contribution in [0.15, 0.2) is 24.3 Å². The number of piperidine rings is 1. The summed E-state index contributed by atoms with van der Waals surface area (Å²) >= 11 is 0. The van der Waals surface area contributed by atoms with Gasteiger partial charge in [0.05, 0.1) is 6.54 Å². The van der Waals surface area contributed by atoms with Crippen molar-refractivity contribution in [2.45, 2.75) is 32.1 Å². The van der Waals surface area contributed by atoms with Crippen LogP contribution in [0.25, 0.3) is 0 Å². The monoisotopic (exact) mass is 357 g/mol. The second kappa shape index (κ2) is 7.87. The van der Waals surface area contributed by atoms with Crippen LogP contribution in [0.2, 0.25) is 0 Å². The Hall–Kier alpha value is -1.75. The zero-order valence-corrected chi connectivity index (χ0v) is 15.6. The van der Waals surface area contributed by atoms with Gasteiger partial charge in [-0.3, -0.25) is 9.69 Å². The number of amides is 1. The zero-order valence-electron chi connectivity index (χ0n) is 15.6. The van der Waals surface area contributed by atoms with E-state index in [0.717, 1.165) is 56.8 Å². The van der Waals surface area contributed by atoms with Gasteiger partial charge in [-0.1, -0.05) is 19.3 Å². The van der Waals surface area contributed by atoms with Gasteiger partial charge in [-0.05, 0) is 48.9 Å². The summed E-state index contributed by atoms with van der Waals surface area (Å²) in [5.74, 6) is 2.27. The largest absolute Gasteiger partial charge is 0.508 e. The molecule has 1 amide bonds. The average Bonchev–Trinajstić information content (AvgIpc) is 2.69. The van der Waals surface area contributed by atoms with E-state index in [1.165, 1.54) is 32.1 Å². The molecule has 0 radical (unpaired) electrons. The Bertz CT molecular complexity index is 610. The Labute approximate surface area is 156 Å². The lowest BCUT2D eigenvalue weighted by molar-refractivity contribution is -0.135. The third kappa shape index (κ3) is 3.98. The van der Waals surface area contributed by atoms with Crippen molar-refractivity contribution in [1.29, 1.82) is 0 Å². The minimum Gasteiger partial charge on any atom is -0.508 e. The molecule has 0 spiro atoms. The van der Waals surface area contributed by atoms with Crippen LogP contribution in [0.3, 0.4) is 0 Å². The maximum atomic E-state index is 12.8. The number of phenols is 1. The van der Waals surface area contributed by atoms with Crippen LogP contribution in [0.1, 0.15) is 32.1 Å². The number of likely N-dealkylation sites (tertiary alicyclic amines) is 1. The molecule has 26 heavy (non-hydrogen) atoms. The number of fused-ring (bicyclic) bond motifs is 1. The average molecular weight is 357 g/mol. The number of benzene rings is 1. The Kier molecular flexibility index (Phi) is 5.34. The number of phenolic OH excluding ortho intramolecular Hbond substituents is 1. The Morgan fingerprint density at radius 3 is 2.35 bits per heavy atom. The van der Waals surface area contributed by atoms with Gasteiger partial charge in [-0.2, -0.15) is 0 Å². The molecule has 2 saturated heterocycles. The van der Waals surface area contributed by atoms with Gasteiger partial charge in [0.15, 0.2) is 0 Å². The topological polar surface area (TPSA) is 47.0 Å². The highest BCUT2D eigenvalue weighted by atomic mass is 16.3. The van der Waals surface area contributed by atoms with Crippen molar-refractivity contribution in [2.75, 3.05) is 50.7 Å². The summed E-state index contributed by atoms with van der Waals surface area (Å²) in [6, 6.07) is 7.40. The number of carbonyl (C=O) groups excluding carboxylic acids is 1. The van der Waals surface area contributed by atoms with Crippen LogP contribution in [-0.4, -0.2) is 66.6 Å². The molecule has 0 aromatic heterocycles. The summed E-state index contributed by atoms with van der Waals surface area (Å²) in [7, 11) is 0.